The second kappa shape index (κ2) is 4.99. The van der Waals surface area contributed by atoms with Crippen molar-refractivity contribution in [3.8, 4) is 17.3 Å². The Balaban J connectivity index is 2.38. The Morgan fingerprint density at radius 1 is 1.33 bits per heavy atom. The minimum atomic E-state index is -0.522. The molecule has 0 aliphatic heterocycles. The monoisotopic (exact) mass is 240 g/mol. The molecule has 2 aromatic heterocycles. The maximum absolute atomic E-state index is 11.3. The molecule has 0 atom stereocenters. The molecule has 0 radical (unpaired) electrons. The van der Waals surface area contributed by atoms with E-state index in [2.05, 4.69) is 15.0 Å². The molecule has 0 saturated carbocycles. The van der Waals surface area contributed by atoms with Gasteiger partial charge in [0.1, 0.15) is 17.5 Å². The van der Waals surface area contributed by atoms with Gasteiger partial charge in [-0.3, -0.25) is 15.2 Å². The van der Waals surface area contributed by atoms with Gasteiger partial charge >= 0.3 is 0 Å². The molecule has 7 nitrogen and oxygen atoms in total. The summed E-state index contributed by atoms with van der Waals surface area (Å²) in [5, 5.41) is 8.64. The number of carbonyl (C=O) groups excluding carboxylic acids is 1. The lowest BCUT2D eigenvalue weighted by Crippen LogP contribution is -2.30. The van der Waals surface area contributed by atoms with Gasteiger partial charge in [0.15, 0.2) is 0 Å². The lowest BCUT2D eigenvalue weighted by Gasteiger charge is -2.02. The van der Waals surface area contributed by atoms with Crippen molar-refractivity contribution in [1.29, 1.82) is 5.26 Å². The van der Waals surface area contributed by atoms with Crippen molar-refractivity contribution in [2.24, 2.45) is 5.84 Å². The molecule has 0 aromatic carbocycles. The van der Waals surface area contributed by atoms with E-state index in [0.717, 1.165) is 0 Å². The van der Waals surface area contributed by atoms with E-state index in [-0.39, 0.29) is 5.69 Å². The number of pyridine rings is 1. The van der Waals surface area contributed by atoms with Crippen molar-refractivity contribution in [1.82, 2.24) is 20.4 Å². The number of rotatable bonds is 2. The number of hydrazine groups is 1. The van der Waals surface area contributed by atoms with Crippen LogP contribution < -0.4 is 11.3 Å². The predicted molar refractivity (Wildman–Crippen MR) is 61.6 cm³/mol. The molecular formula is C11H8N6O. The van der Waals surface area contributed by atoms with Crippen LogP contribution in [0.4, 0.5) is 0 Å². The van der Waals surface area contributed by atoms with Crippen LogP contribution in [-0.2, 0) is 0 Å². The second-order valence-electron chi connectivity index (χ2n) is 3.31. The summed E-state index contributed by atoms with van der Waals surface area (Å²) in [5.74, 6) is 4.49. The van der Waals surface area contributed by atoms with Crippen molar-refractivity contribution in [2.75, 3.05) is 0 Å². The van der Waals surface area contributed by atoms with Crippen LogP contribution in [0.5, 0.6) is 0 Å². The van der Waals surface area contributed by atoms with E-state index in [9.17, 15) is 4.79 Å². The smallest absolute Gasteiger partial charge is 0.285 e. The number of hydrogen-bond acceptors (Lipinski definition) is 6. The van der Waals surface area contributed by atoms with Gasteiger partial charge < -0.3 is 0 Å². The van der Waals surface area contributed by atoms with Crippen LogP contribution in [-0.4, -0.2) is 20.9 Å². The van der Waals surface area contributed by atoms with E-state index in [1.54, 1.807) is 12.1 Å². The molecule has 2 heterocycles. The normalized spacial score (nSPS) is 9.56. The number of amides is 1. The van der Waals surface area contributed by atoms with Crippen LogP contribution in [0.25, 0.3) is 11.3 Å². The molecule has 0 saturated heterocycles. The summed E-state index contributed by atoms with van der Waals surface area (Å²) < 4.78 is 0. The number of nitriles is 1. The summed E-state index contributed by atoms with van der Waals surface area (Å²) in [6.45, 7) is 0. The molecule has 7 heteroatoms. The van der Waals surface area contributed by atoms with Crippen molar-refractivity contribution < 1.29 is 4.79 Å². The lowest BCUT2D eigenvalue weighted by molar-refractivity contribution is 0.0948. The topological polar surface area (TPSA) is 118 Å². The Morgan fingerprint density at radius 2 is 2.17 bits per heavy atom. The highest BCUT2D eigenvalue weighted by atomic mass is 16.2. The standard InChI is InChI=1S/C11H8N6O/c12-3-8-2-1-7(4-15-8)9-5-14-6-10(16-9)11(18)17-13/h1-2,4-6H,13H2,(H,17,18). The first-order valence-corrected chi connectivity index (χ1v) is 4.94. The Hall–Kier alpha value is -2.85. The molecule has 18 heavy (non-hydrogen) atoms. The van der Waals surface area contributed by atoms with Crippen LogP contribution in [0.3, 0.4) is 0 Å². The predicted octanol–water partition coefficient (Wildman–Crippen LogP) is 0.0138. The Morgan fingerprint density at radius 3 is 2.78 bits per heavy atom. The van der Waals surface area contributed by atoms with E-state index in [1.165, 1.54) is 18.6 Å². The second-order valence-corrected chi connectivity index (χ2v) is 3.31. The van der Waals surface area contributed by atoms with E-state index < -0.39 is 5.91 Å². The summed E-state index contributed by atoms with van der Waals surface area (Å²) in [4.78, 5) is 23.2. The quantitative estimate of drug-likeness (QED) is 0.434. The number of nitrogens with two attached hydrogens (primary N) is 1. The van der Waals surface area contributed by atoms with E-state index in [0.29, 0.717) is 17.0 Å². The van der Waals surface area contributed by atoms with Crippen molar-refractivity contribution in [2.45, 2.75) is 0 Å². The highest BCUT2D eigenvalue weighted by molar-refractivity contribution is 5.91. The Labute approximate surface area is 102 Å². The molecular weight excluding hydrogens is 232 g/mol. The minimum Gasteiger partial charge on any atom is -0.289 e. The Kier molecular flexibility index (Phi) is 3.22. The lowest BCUT2D eigenvalue weighted by atomic mass is 10.2. The third kappa shape index (κ3) is 2.28. The third-order valence-electron chi connectivity index (χ3n) is 2.17. The zero-order valence-corrected chi connectivity index (χ0v) is 9.16. The first-order valence-electron chi connectivity index (χ1n) is 4.94. The van der Waals surface area contributed by atoms with Crippen LogP contribution in [0, 0.1) is 11.3 Å². The molecule has 2 aromatic rings. The number of nitrogen functional groups attached to an aromatic ring is 1. The fraction of sp³-hybridized carbons (Fsp3) is 0. The number of nitrogens with one attached hydrogen (secondary N) is 1. The molecule has 1 amide bonds. The maximum atomic E-state index is 11.3. The maximum Gasteiger partial charge on any atom is 0.285 e. The highest BCUT2D eigenvalue weighted by Crippen LogP contribution is 2.15. The van der Waals surface area contributed by atoms with Crippen LogP contribution in [0.2, 0.25) is 0 Å². The van der Waals surface area contributed by atoms with E-state index >= 15 is 0 Å². The molecule has 0 aliphatic rings. The van der Waals surface area contributed by atoms with Gasteiger partial charge in [-0.1, -0.05) is 0 Å². The summed E-state index contributed by atoms with van der Waals surface area (Å²) in [5.41, 5.74) is 3.54. The zero-order valence-electron chi connectivity index (χ0n) is 9.16. The molecule has 3 N–H and O–H groups in total. The number of nitrogens with zero attached hydrogens (tertiary/aromatic N) is 4. The SMILES string of the molecule is N#Cc1ccc(-c2cncc(C(=O)NN)n2)cn1. The van der Waals surface area contributed by atoms with Gasteiger partial charge in [-0.15, -0.1) is 0 Å². The number of hydrogen-bond donors (Lipinski definition) is 2. The van der Waals surface area contributed by atoms with Gasteiger partial charge in [0.05, 0.1) is 18.1 Å². The molecule has 88 valence electrons. The molecule has 0 aliphatic carbocycles. The van der Waals surface area contributed by atoms with Gasteiger partial charge in [0.2, 0.25) is 0 Å². The van der Waals surface area contributed by atoms with Crippen LogP contribution in [0.1, 0.15) is 16.2 Å². The van der Waals surface area contributed by atoms with E-state index in [1.807, 2.05) is 11.5 Å². The molecule has 2 rings (SSSR count). The van der Waals surface area contributed by atoms with Crippen LogP contribution in [0.15, 0.2) is 30.7 Å². The number of aromatic nitrogens is 3. The average molecular weight is 240 g/mol. The third-order valence-corrected chi connectivity index (χ3v) is 2.17. The molecule has 0 unspecified atom stereocenters. The van der Waals surface area contributed by atoms with Crippen molar-refractivity contribution >= 4 is 5.91 Å². The van der Waals surface area contributed by atoms with Gasteiger partial charge in [-0.25, -0.2) is 15.8 Å². The number of carbonyl (C=O) groups is 1. The van der Waals surface area contributed by atoms with Gasteiger partial charge in [-0.05, 0) is 12.1 Å². The van der Waals surface area contributed by atoms with Crippen molar-refractivity contribution in [3.05, 3.63) is 42.1 Å². The van der Waals surface area contributed by atoms with Gasteiger partial charge in [-0.2, -0.15) is 5.26 Å². The van der Waals surface area contributed by atoms with Gasteiger partial charge in [0, 0.05) is 11.8 Å². The van der Waals surface area contributed by atoms with E-state index in [4.69, 9.17) is 11.1 Å². The largest absolute Gasteiger partial charge is 0.289 e. The fourth-order valence-corrected chi connectivity index (χ4v) is 1.30. The molecule has 0 spiro atoms. The minimum absolute atomic E-state index is 0.111. The van der Waals surface area contributed by atoms with Crippen LogP contribution >= 0.6 is 0 Å². The van der Waals surface area contributed by atoms with Gasteiger partial charge in [0.25, 0.3) is 5.91 Å². The first-order chi connectivity index (χ1) is 8.74. The summed E-state index contributed by atoms with van der Waals surface area (Å²) in [6, 6.07) is 5.16. The summed E-state index contributed by atoms with van der Waals surface area (Å²) in [7, 11) is 0. The zero-order chi connectivity index (χ0) is 13.0. The first kappa shape index (κ1) is 11.6. The summed E-state index contributed by atoms with van der Waals surface area (Å²) >= 11 is 0. The Bertz CT molecular complexity index is 616. The average Bonchev–Trinajstić information content (AvgIpc) is 2.46. The highest BCUT2D eigenvalue weighted by Gasteiger charge is 2.08. The fourth-order valence-electron chi connectivity index (χ4n) is 1.30. The van der Waals surface area contributed by atoms with Crippen molar-refractivity contribution in [3.63, 3.8) is 0 Å². The summed E-state index contributed by atoms with van der Waals surface area (Å²) in [6.07, 6.45) is 4.30. The molecule has 0 bridgehead atoms. The molecule has 0 fully saturated rings.